The monoisotopic (exact) mass is 311 g/mol. The van der Waals surface area contributed by atoms with Gasteiger partial charge in [0.15, 0.2) is 0 Å². The van der Waals surface area contributed by atoms with E-state index in [1.54, 1.807) is 12.1 Å². The van der Waals surface area contributed by atoms with Crippen LogP contribution in [0.25, 0.3) is 0 Å². The summed E-state index contributed by atoms with van der Waals surface area (Å²) >= 11 is 6.09. The van der Waals surface area contributed by atoms with Crippen LogP contribution in [0.4, 0.5) is 5.69 Å². The normalized spacial score (nSPS) is 17.6. The van der Waals surface area contributed by atoms with Crippen LogP contribution in [0.2, 0.25) is 5.02 Å². The van der Waals surface area contributed by atoms with Crippen molar-refractivity contribution in [1.29, 1.82) is 0 Å². The Bertz CT molecular complexity index is 490. The molecule has 1 atom stereocenters. The Morgan fingerprint density at radius 1 is 1.38 bits per heavy atom. The molecule has 0 aromatic heterocycles. The number of nitrogens with one attached hydrogen (secondary N) is 1. The van der Waals surface area contributed by atoms with Crippen LogP contribution in [0, 0.1) is 10.1 Å². The van der Waals surface area contributed by atoms with E-state index in [9.17, 15) is 10.1 Å². The van der Waals surface area contributed by atoms with Crippen molar-refractivity contribution in [1.82, 2.24) is 10.2 Å². The number of rotatable bonds is 6. The van der Waals surface area contributed by atoms with Gasteiger partial charge in [0.1, 0.15) is 0 Å². The first-order chi connectivity index (χ1) is 10.1. The third-order valence-electron chi connectivity index (χ3n) is 4.01. The van der Waals surface area contributed by atoms with Crippen LogP contribution < -0.4 is 5.32 Å². The predicted octanol–water partition coefficient (Wildman–Crippen LogP) is 3.21. The van der Waals surface area contributed by atoms with Gasteiger partial charge in [-0.2, -0.15) is 0 Å². The third kappa shape index (κ3) is 4.66. The van der Waals surface area contributed by atoms with Crippen molar-refractivity contribution in [3.05, 3.63) is 38.9 Å². The molecule has 1 saturated heterocycles. The van der Waals surface area contributed by atoms with Crippen LogP contribution in [0.5, 0.6) is 0 Å². The fourth-order valence-electron chi connectivity index (χ4n) is 2.71. The van der Waals surface area contributed by atoms with Gasteiger partial charge in [-0.25, -0.2) is 0 Å². The van der Waals surface area contributed by atoms with Crippen LogP contribution in [-0.4, -0.2) is 35.5 Å². The van der Waals surface area contributed by atoms with Gasteiger partial charge in [0.05, 0.1) is 4.92 Å². The Morgan fingerprint density at radius 2 is 2.10 bits per heavy atom. The van der Waals surface area contributed by atoms with E-state index >= 15 is 0 Å². The minimum Gasteiger partial charge on any atom is -0.311 e. The fourth-order valence-corrected chi connectivity index (χ4v) is 2.90. The highest BCUT2D eigenvalue weighted by molar-refractivity contribution is 6.31. The zero-order valence-electron chi connectivity index (χ0n) is 12.3. The number of benzene rings is 1. The number of nitro groups is 1. The Balaban J connectivity index is 1.85. The third-order valence-corrected chi connectivity index (χ3v) is 4.38. The fraction of sp³-hybridized carbons (Fsp3) is 0.600. The molecule has 1 fully saturated rings. The van der Waals surface area contributed by atoms with Crippen LogP contribution >= 0.6 is 11.6 Å². The molecule has 21 heavy (non-hydrogen) atoms. The molecule has 0 spiro atoms. The van der Waals surface area contributed by atoms with Gasteiger partial charge in [0, 0.05) is 36.3 Å². The predicted molar refractivity (Wildman–Crippen MR) is 84.7 cm³/mol. The molecule has 2 rings (SSSR count). The van der Waals surface area contributed by atoms with Crippen molar-refractivity contribution in [2.24, 2.45) is 0 Å². The Hall–Kier alpha value is -1.17. The highest BCUT2D eigenvalue weighted by Crippen LogP contribution is 2.22. The second-order valence-electron chi connectivity index (χ2n) is 5.61. The zero-order chi connectivity index (χ0) is 15.2. The Morgan fingerprint density at radius 3 is 2.76 bits per heavy atom. The lowest BCUT2D eigenvalue weighted by Gasteiger charge is -2.32. The molecule has 1 unspecified atom stereocenters. The van der Waals surface area contributed by atoms with E-state index in [-0.39, 0.29) is 5.69 Å². The van der Waals surface area contributed by atoms with Gasteiger partial charge in [-0.3, -0.25) is 15.0 Å². The smallest absolute Gasteiger partial charge is 0.269 e. The van der Waals surface area contributed by atoms with Crippen molar-refractivity contribution >= 4 is 17.3 Å². The molecule has 5 nitrogen and oxygen atoms in total. The van der Waals surface area contributed by atoms with Gasteiger partial charge in [-0.15, -0.1) is 0 Å². The van der Waals surface area contributed by atoms with Crippen molar-refractivity contribution in [3.63, 3.8) is 0 Å². The highest BCUT2D eigenvalue weighted by Gasteiger charge is 2.16. The summed E-state index contributed by atoms with van der Waals surface area (Å²) in [5.74, 6) is 0. The van der Waals surface area contributed by atoms with Gasteiger partial charge in [-0.05, 0) is 44.5 Å². The number of nitro benzene ring substituents is 1. The molecule has 1 aliphatic rings. The summed E-state index contributed by atoms with van der Waals surface area (Å²) < 4.78 is 0. The second-order valence-corrected chi connectivity index (χ2v) is 6.02. The summed E-state index contributed by atoms with van der Waals surface area (Å²) in [6, 6.07) is 5.04. The summed E-state index contributed by atoms with van der Waals surface area (Å²) in [6.07, 6.45) is 3.89. The zero-order valence-corrected chi connectivity index (χ0v) is 13.1. The molecule has 0 amide bonds. The minimum absolute atomic E-state index is 0.0836. The van der Waals surface area contributed by atoms with E-state index in [1.807, 2.05) is 0 Å². The quantitative estimate of drug-likeness (QED) is 0.647. The van der Waals surface area contributed by atoms with Crippen LogP contribution in [0.1, 0.15) is 31.7 Å². The summed E-state index contributed by atoms with van der Waals surface area (Å²) in [7, 11) is 0. The lowest BCUT2D eigenvalue weighted by atomic mass is 10.1. The van der Waals surface area contributed by atoms with Gasteiger partial charge >= 0.3 is 0 Å². The average molecular weight is 312 g/mol. The maximum atomic E-state index is 10.8. The minimum atomic E-state index is -0.393. The summed E-state index contributed by atoms with van der Waals surface area (Å²) in [5.41, 5.74) is 0.858. The maximum Gasteiger partial charge on any atom is 0.269 e. The number of halogens is 1. The molecule has 0 bridgehead atoms. The van der Waals surface area contributed by atoms with E-state index in [2.05, 4.69) is 17.1 Å². The van der Waals surface area contributed by atoms with Gasteiger partial charge in [-0.1, -0.05) is 18.0 Å². The molecule has 116 valence electrons. The average Bonchev–Trinajstić information content (AvgIpc) is 2.49. The molecule has 1 N–H and O–H groups in total. The van der Waals surface area contributed by atoms with Crippen LogP contribution in [0.3, 0.4) is 0 Å². The molecule has 1 aromatic carbocycles. The number of hydrogen-bond acceptors (Lipinski definition) is 4. The lowest BCUT2D eigenvalue weighted by molar-refractivity contribution is -0.384. The van der Waals surface area contributed by atoms with Gasteiger partial charge in [0.2, 0.25) is 0 Å². The van der Waals surface area contributed by atoms with Crippen molar-refractivity contribution in [3.8, 4) is 0 Å². The van der Waals surface area contributed by atoms with Crippen molar-refractivity contribution in [2.75, 3.05) is 19.6 Å². The summed E-state index contributed by atoms with van der Waals surface area (Å²) in [5, 5.41) is 14.7. The van der Waals surface area contributed by atoms with E-state index in [4.69, 9.17) is 11.6 Å². The van der Waals surface area contributed by atoms with E-state index < -0.39 is 4.92 Å². The molecule has 0 radical (unpaired) electrons. The number of hydrogen-bond donors (Lipinski definition) is 1. The van der Waals surface area contributed by atoms with Crippen LogP contribution in [-0.2, 0) is 6.54 Å². The molecular weight excluding hydrogens is 290 g/mol. The van der Waals surface area contributed by atoms with Crippen LogP contribution in [0.15, 0.2) is 18.2 Å². The Kier molecular flexibility index (Phi) is 5.96. The molecule has 1 aromatic rings. The first-order valence-electron chi connectivity index (χ1n) is 7.45. The second kappa shape index (κ2) is 7.73. The lowest BCUT2D eigenvalue weighted by Crippen LogP contribution is -2.42. The first-order valence-corrected chi connectivity index (χ1v) is 7.83. The molecule has 1 heterocycles. The molecular formula is C15H22ClN3O2. The molecule has 6 heteroatoms. The first kappa shape index (κ1) is 16.2. The van der Waals surface area contributed by atoms with E-state index in [1.165, 1.54) is 38.4 Å². The summed E-state index contributed by atoms with van der Waals surface area (Å²) in [6.45, 7) is 5.96. The summed E-state index contributed by atoms with van der Waals surface area (Å²) in [4.78, 5) is 12.9. The van der Waals surface area contributed by atoms with E-state index in [0.29, 0.717) is 17.6 Å². The van der Waals surface area contributed by atoms with Gasteiger partial charge < -0.3 is 5.32 Å². The number of likely N-dealkylation sites (tertiary alicyclic amines) is 1. The van der Waals surface area contributed by atoms with Crippen molar-refractivity contribution in [2.45, 2.75) is 38.8 Å². The Labute approximate surface area is 130 Å². The van der Waals surface area contributed by atoms with Gasteiger partial charge in [0.25, 0.3) is 5.69 Å². The SMILES string of the molecule is CC(CNCc1cc([N+](=O)[O-])ccc1Cl)N1CCCCC1. The standard InChI is InChI=1S/C15H22ClN3O2/c1-12(18-7-3-2-4-8-18)10-17-11-13-9-14(19(20)21)5-6-15(13)16/h5-6,9,12,17H,2-4,7-8,10-11H2,1H3. The largest absolute Gasteiger partial charge is 0.311 e. The topological polar surface area (TPSA) is 58.4 Å². The molecule has 0 saturated carbocycles. The molecule has 1 aliphatic heterocycles. The van der Waals surface area contributed by atoms with Crippen molar-refractivity contribution < 1.29 is 4.92 Å². The molecule has 0 aliphatic carbocycles. The number of non-ortho nitro benzene ring substituents is 1. The number of piperidine rings is 1. The highest BCUT2D eigenvalue weighted by atomic mass is 35.5. The maximum absolute atomic E-state index is 10.8. The number of nitrogens with zero attached hydrogens (tertiary/aromatic N) is 2. The van der Waals surface area contributed by atoms with E-state index in [0.717, 1.165) is 12.1 Å².